The molecule has 0 aliphatic heterocycles. The van der Waals surface area contributed by atoms with Crippen molar-refractivity contribution in [2.24, 2.45) is 0 Å². The molecule has 0 saturated carbocycles. The molecule has 1 unspecified atom stereocenters. The molecule has 0 fully saturated rings. The zero-order valence-electron chi connectivity index (χ0n) is 10.8. The molecule has 1 heterocycles. The van der Waals surface area contributed by atoms with E-state index < -0.39 is 9.84 Å². The van der Waals surface area contributed by atoms with Crippen molar-refractivity contribution in [2.75, 3.05) is 11.5 Å². The van der Waals surface area contributed by atoms with Gasteiger partial charge in [-0.2, -0.15) is 0 Å². The lowest BCUT2D eigenvalue weighted by atomic mass is 10.1. The van der Waals surface area contributed by atoms with Gasteiger partial charge in [-0.1, -0.05) is 13.0 Å². The van der Waals surface area contributed by atoms with Gasteiger partial charge >= 0.3 is 0 Å². The highest BCUT2D eigenvalue weighted by Gasteiger charge is 2.10. The van der Waals surface area contributed by atoms with Crippen LogP contribution in [0.4, 0.5) is 0 Å². The van der Waals surface area contributed by atoms with E-state index >= 15 is 0 Å². The van der Waals surface area contributed by atoms with E-state index in [-0.39, 0.29) is 17.6 Å². The monoisotopic (exact) mass is 290 g/mol. The molecule has 18 heavy (non-hydrogen) atoms. The molecule has 1 aromatic rings. The summed E-state index contributed by atoms with van der Waals surface area (Å²) in [6.07, 6.45) is 3.51. The van der Waals surface area contributed by atoms with E-state index in [4.69, 9.17) is 0 Å². The average Bonchev–Trinajstić information content (AvgIpc) is 2.82. The summed E-state index contributed by atoms with van der Waals surface area (Å²) in [4.78, 5) is 1.34. The summed E-state index contributed by atoms with van der Waals surface area (Å²) in [6.45, 7) is 1.66. The molecule has 0 amide bonds. The number of aliphatic hydroxyl groups is 1. The third kappa shape index (κ3) is 6.52. The molecule has 1 atom stereocenters. The van der Waals surface area contributed by atoms with Crippen LogP contribution in [0.25, 0.3) is 0 Å². The van der Waals surface area contributed by atoms with E-state index in [2.05, 4.69) is 11.4 Å². The van der Waals surface area contributed by atoms with Crippen LogP contribution < -0.4 is 0 Å². The highest BCUT2D eigenvalue weighted by molar-refractivity contribution is 7.91. The Morgan fingerprint density at radius 3 is 2.67 bits per heavy atom. The Bertz CT molecular complexity index is 409. The number of sulfone groups is 1. The summed E-state index contributed by atoms with van der Waals surface area (Å²) in [6, 6.07) is 4.14. The molecule has 0 spiro atoms. The fourth-order valence-electron chi connectivity index (χ4n) is 1.79. The largest absolute Gasteiger partial charge is 0.393 e. The first-order valence-corrected chi connectivity index (χ1v) is 9.14. The number of hydrogen-bond acceptors (Lipinski definition) is 4. The molecular weight excluding hydrogens is 268 g/mol. The zero-order chi connectivity index (χ0) is 13.4. The summed E-state index contributed by atoms with van der Waals surface area (Å²) in [5.41, 5.74) is 0. The van der Waals surface area contributed by atoms with Crippen molar-refractivity contribution >= 4 is 21.2 Å². The second-order valence-electron chi connectivity index (χ2n) is 4.50. The number of thiophene rings is 1. The normalized spacial score (nSPS) is 13.7. The maximum Gasteiger partial charge on any atom is 0.150 e. The molecule has 0 aliphatic carbocycles. The Labute approximate surface area is 114 Å². The molecule has 3 nitrogen and oxygen atoms in total. The van der Waals surface area contributed by atoms with Gasteiger partial charge in [0.25, 0.3) is 0 Å². The van der Waals surface area contributed by atoms with E-state index in [1.165, 1.54) is 4.88 Å². The quantitative estimate of drug-likeness (QED) is 0.760. The Balaban J connectivity index is 2.09. The number of rotatable bonds is 9. The van der Waals surface area contributed by atoms with Gasteiger partial charge in [-0.25, -0.2) is 8.42 Å². The molecule has 104 valence electrons. The van der Waals surface area contributed by atoms with Crippen molar-refractivity contribution in [2.45, 2.75) is 45.1 Å². The Morgan fingerprint density at radius 1 is 1.33 bits per heavy atom. The van der Waals surface area contributed by atoms with Gasteiger partial charge in [0.1, 0.15) is 9.84 Å². The molecule has 1 aromatic heterocycles. The van der Waals surface area contributed by atoms with Crippen molar-refractivity contribution in [3.05, 3.63) is 22.4 Å². The molecule has 0 aliphatic rings. The van der Waals surface area contributed by atoms with Gasteiger partial charge in [0.2, 0.25) is 0 Å². The molecule has 1 rings (SSSR count). The minimum atomic E-state index is -2.88. The van der Waals surface area contributed by atoms with Gasteiger partial charge in [-0.05, 0) is 43.6 Å². The summed E-state index contributed by atoms with van der Waals surface area (Å²) < 4.78 is 22.5. The van der Waals surface area contributed by atoms with Crippen LogP contribution in [0.5, 0.6) is 0 Å². The van der Waals surface area contributed by atoms with Crippen LogP contribution in [0.3, 0.4) is 0 Å². The lowest BCUT2D eigenvalue weighted by Gasteiger charge is -2.09. The number of hydrogen-bond donors (Lipinski definition) is 1. The molecular formula is C13H22O3S2. The first kappa shape index (κ1) is 15.7. The predicted octanol–water partition coefficient (Wildman–Crippen LogP) is 2.65. The van der Waals surface area contributed by atoms with Crippen molar-refractivity contribution in [1.82, 2.24) is 0 Å². The van der Waals surface area contributed by atoms with Crippen molar-refractivity contribution < 1.29 is 13.5 Å². The minimum Gasteiger partial charge on any atom is -0.393 e. The van der Waals surface area contributed by atoms with Crippen molar-refractivity contribution in [1.29, 1.82) is 0 Å². The number of aryl methyl sites for hydroxylation is 1. The van der Waals surface area contributed by atoms with Crippen LogP contribution in [0.15, 0.2) is 17.5 Å². The van der Waals surface area contributed by atoms with Crippen LogP contribution in [-0.4, -0.2) is 31.1 Å². The van der Waals surface area contributed by atoms with Gasteiger partial charge in [-0.15, -0.1) is 11.3 Å². The predicted molar refractivity (Wildman–Crippen MR) is 76.8 cm³/mol. The van der Waals surface area contributed by atoms with E-state index in [0.29, 0.717) is 12.8 Å². The van der Waals surface area contributed by atoms with E-state index in [9.17, 15) is 13.5 Å². The van der Waals surface area contributed by atoms with Gasteiger partial charge in [0, 0.05) is 10.6 Å². The van der Waals surface area contributed by atoms with Crippen LogP contribution in [0.1, 0.15) is 37.5 Å². The topological polar surface area (TPSA) is 54.4 Å². The van der Waals surface area contributed by atoms with Gasteiger partial charge in [0.05, 0.1) is 11.9 Å². The van der Waals surface area contributed by atoms with Crippen LogP contribution in [0.2, 0.25) is 0 Å². The Hall–Kier alpha value is -0.390. The first-order chi connectivity index (χ1) is 8.53. The van der Waals surface area contributed by atoms with Gasteiger partial charge in [-0.3, -0.25) is 0 Å². The molecule has 5 heteroatoms. The maximum absolute atomic E-state index is 11.3. The third-order valence-corrected chi connectivity index (χ3v) is 5.70. The SMILES string of the molecule is CCS(=O)(=O)CCCC(O)CCCc1cccs1. The lowest BCUT2D eigenvalue weighted by Crippen LogP contribution is -2.13. The highest BCUT2D eigenvalue weighted by atomic mass is 32.2. The van der Waals surface area contributed by atoms with Crippen molar-refractivity contribution in [3.63, 3.8) is 0 Å². The van der Waals surface area contributed by atoms with E-state index in [1.54, 1.807) is 18.3 Å². The third-order valence-electron chi connectivity index (χ3n) is 2.97. The summed E-state index contributed by atoms with van der Waals surface area (Å²) in [5, 5.41) is 11.8. The molecule has 0 saturated heterocycles. The Kier molecular flexibility index (Phi) is 6.89. The average molecular weight is 290 g/mol. The van der Waals surface area contributed by atoms with E-state index in [1.807, 2.05) is 6.07 Å². The highest BCUT2D eigenvalue weighted by Crippen LogP contribution is 2.14. The second-order valence-corrected chi connectivity index (χ2v) is 8.01. The van der Waals surface area contributed by atoms with Crippen LogP contribution in [0, 0.1) is 0 Å². The number of aliphatic hydroxyl groups excluding tert-OH is 1. The fraction of sp³-hybridized carbons (Fsp3) is 0.692. The second kappa shape index (κ2) is 7.92. The van der Waals surface area contributed by atoms with Crippen LogP contribution >= 0.6 is 11.3 Å². The maximum atomic E-state index is 11.3. The first-order valence-electron chi connectivity index (χ1n) is 6.44. The van der Waals surface area contributed by atoms with Gasteiger partial charge < -0.3 is 5.11 Å². The van der Waals surface area contributed by atoms with E-state index in [0.717, 1.165) is 19.3 Å². The summed E-state index contributed by atoms with van der Waals surface area (Å²) in [7, 11) is -2.88. The van der Waals surface area contributed by atoms with Crippen LogP contribution in [-0.2, 0) is 16.3 Å². The smallest absolute Gasteiger partial charge is 0.150 e. The van der Waals surface area contributed by atoms with Crippen molar-refractivity contribution in [3.8, 4) is 0 Å². The van der Waals surface area contributed by atoms with Gasteiger partial charge in [0.15, 0.2) is 0 Å². The summed E-state index contributed by atoms with van der Waals surface area (Å²) in [5.74, 6) is 0.396. The molecule has 1 N–H and O–H groups in total. The Morgan fingerprint density at radius 2 is 2.06 bits per heavy atom. The molecule has 0 aromatic carbocycles. The zero-order valence-corrected chi connectivity index (χ0v) is 12.5. The fourth-order valence-corrected chi connectivity index (χ4v) is 3.44. The summed E-state index contributed by atoms with van der Waals surface area (Å²) >= 11 is 1.74. The lowest BCUT2D eigenvalue weighted by molar-refractivity contribution is 0.151. The molecule has 0 bridgehead atoms. The minimum absolute atomic E-state index is 0.196. The molecule has 0 radical (unpaired) electrons. The standard InChI is InChI=1S/C13H22O3S2/c1-2-18(15,16)11-5-7-12(14)6-3-8-13-9-4-10-17-13/h4,9-10,12,14H,2-3,5-8,11H2,1H3.